The predicted molar refractivity (Wildman–Crippen MR) is 135 cm³/mol. The summed E-state index contributed by atoms with van der Waals surface area (Å²) >= 11 is 0. The number of carbonyl (C=O) groups excluding carboxylic acids is 2. The number of ether oxygens (including phenoxy) is 2. The van der Waals surface area contributed by atoms with E-state index in [0.717, 1.165) is 44.1 Å². The van der Waals surface area contributed by atoms with Crippen LogP contribution >= 0.6 is 0 Å². The molecule has 4 aliphatic carbocycles. The second-order valence-electron chi connectivity index (χ2n) is 12.2. The lowest BCUT2D eigenvalue weighted by atomic mass is 9.44. The molecule has 4 nitrogen and oxygen atoms in total. The molecular formula is C31H40O4. The van der Waals surface area contributed by atoms with Crippen molar-refractivity contribution in [3.63, 3.8) is 0 Å². The average Bonchev–Trinajstić information content (AvgIpc) is 3.10. The lowest BCUT2D eigenvalue weighted by Gasteiger charge is -2.61. The first-order chi connectivity index (χ1) is 16.7. The van der Waals surface area contributed by atoms with Crippen LogP contribution in [0.1, 0.15) is 91.0 Å². The zero-order chi connectivity index (χ0) is 24.8. The maximum Gasteiger partial charge on any atom is 0.304 e. The molecule has 0 spiro atoms. The van der Waals surface area contributed by atoms with E-state index in [2.05, 4.69) is 25.7 Å². The highest BCUT2D eigenvalue weighted by Crippen LogP contribution is 2.69. The summed E-state index contributed by atoms with van der Waals surface area (Å²) in [4.78, 5) is 23.9. The van der Waals surface area contributed by atoms with Crippen molar-refractivity contribution < 1.29 is 19.1 Å². The Labute approximate surface area is 210 Å². The van der Waals surface area contributed by atoms with Gasteiger partial charge in [-0.3, -0.25) is 9.59 Å². The van der Waals surface area contributed by atoms with Crippen LogP contribution in [0.2, 0.25) is 0 Å². The lowest BCUT2D eigenvalue weighted by Crippen LogP contribution is -2.57. The van der Waals surface area contributed by atoms with Crippen LogP contribution in [-0.2, 0) is 19.1 Å². The van der Waals surface area contributed by atoms with Gasteiger partial charge in [-0.25, -0.2) is 0 Å². The molecule has 4 aliphatic rings. The van der Waals surface area contributed by atoms with Gasteiger partial charge in [0, 0.05) is 24.8 Å². The minimum atomic E-state index is -0.713. The Balaban J connectivity index is 1.42. The van der Waals surface area contributed by atoms with Crippen molar-refractivity contribution >= 4 is 11.9 Å². The Bertz CT molecular complexity index is 1040. The molecule has 35 heavy (non-hydrogen) atoms. The quantitative estimate of drug-likeness (QED) is 0.370. The van der Waals surface area contributed by atoms with Crippen LogP contribution in [-0.4, -0.2) is 23.6 Å². The van der Waals surface area contributed by atoms with E-state index in [9.17, 15) is 9.59 Å². The molecule has 0 bridgehead atoms. The Hall–Kier alpha value is -2.28. The normalized spacial score (nSPS) is 41.9. The van der Waals surface area contributed by atoms with Gasteiger partial charge >= 0.3 is 11.9 Å². The van der Waals surface area contributed by atoms with E-state index in [1.807, 2.05) is 30.3 Å². The Kier molecular flexibility index (Phi) is 6.27. The number of benzene rings is 1. The van der Waals surface area contributed by atoms with Crippen molar-refractivity contribution in [2.24, 2.45) is 34.5 Å². The number of rotatable bonds is 2. The van der Waals surface area contributed by atoms with E-state index in [-0.39, 0.29) is 23.5 Å². The largest absolute Gasteiger partial charge is 0.463 e. The number of fused-ring (bicyclic) bond motifs is 5. The average molecular weight is 477 g/mol. The summed E-state index contributed by atoms with van der Waals surface area (Å²) in [5, 5.41) is 0. The zero-order valence-corrected chi connectivity index (χ0v) is 21.8. The molecule has 0 aromatic heterocycles. The molecule has 0 unspecified atom stereocenters. The van der Waals surface area contributed by atoms with Crippen LogP contribution in [0.25, 0.3) is 0 Å². The molecular weight excluding hydrogens is 436 g/mol. The van der Waals surface area contributed by atoms with Gasteiger partial charge in [-0.2, -0.15) is 0 Å². The predicted octanol–water partition coefficient (Wildman–Crippen LogP) is 6.31. The molecule has 0 heterocycles. The van der Waals surface area contributed by atoms with E-state index >= 15 is 0 Å². The third kappa shape index (κ3) is 4.09. The number of hydrogen-bond acceptors (Lipinski definition) is 4. The Morgan fingerprint density at radius 2 is 1.63 bits per heavy atom. The second kappa shape index (κ2) is 8.99. The van der Waals surface area contributed by atoms with Crippen LogP contribution in [0.3, 0.4) is 0 Å². The van der Waals surface area contributed by atoms with Gasteiger partial charge in [0.1, 0.15) is 6.10 Å². The third-order valence-electron chi connectivity index (χ3n) is 10.6. The number of esters is 2. The molecule has 4 heteroatoms. The summed E-state index contributed by atoms with van der Waals surface area (Å²) in [5.74, 6) is 9.01. The molecule has 4 fully saturated rings. The number of hydrogen-bond donors (Lipinski definition) is 0. The summed E-state index contributed by atoms with van der Waals surface area (Å²) in [7, 11) is 0. The van der Waals surface area contributed by atoms with Crippen LogP contribution in [0.15, 0.2) is 30.3 Å². The fraction of sp³-hybridized carbons (Fsp3) is 0.677. The van der Waals surface area contributed by atoms with E-state index < -0.39 is 5.60 Å². The Morgan fingerprint density at radius 3 is 2.34 bits per heavy atom. The van der Waals surface area contributed by atoms with Gasteiger partial charge < -0.3 is 9.47 Å². The maximum absolute atomic E-state index is 12.3. The third-order valence-corrected chi connectivity index (χ3v) is 10.6. The summed E-state index contributed by atoms with van der Waals surface area (Å²) in [5.41, 5.74) is 0.440. The minimum Gasteiger partial charge on any atom is -0.463 e. The molecule has 188 valence electrons. The van der Waals surface area contributed by atoms with Gasteiger partial charge in [0.2, 0.25) is 0 Å². The molecule has 0 radical (unpaired) electrons. The van der Waals surface area contributed by atoms with E-state index in [1.54, 1.807) is 0 Å². The first-order valence-corrected chi connectivity index (χ1v) is 13.6. The molecule has 5 rings (SSSR count). The minimum absolute atomic E-state index is 0.0901. The summed E-state index contributed by atoms with van der Waals surface area (Å²) < 4.78 is 11.8. The highest BCUT2D eigenvalue weighted by atomic mass is 16.6. The van der Waals surface area contributed by atoms with E-state index in [1.165, 1.54) is 33.1 Å². The van der Waals surface area contributed by atoms with Gasteiger partial charge in [0.05, 0.1) is 0 Å². The highest BCUT2D eigenvalue weighted by Gasteiger charge is 2.66. The van der Waals surface area contributed by atoms with Crippen molar-refractivity contribution in [2.75, 3.05) is 0 Å². The Morgan fingerprint density at radius 1 is 0.886 bits per heavy atom. The van der Waals surface area contributed by atoms with Crippen LogP contribution < -0.4 is 0 Å². The SMILES string of the molecule is CC(=O)O[C@@H]1CC[C@@]2(C)[C@H](CC[C@H]3[C@H]4CC[C@@](C#Cc5ccccc5)(OC(C)=O)[C@]4(C)CC[C@@H]32)C1. The van der Waals surface area contributed by atoms with Crippen molar-refractivity contribution in [3.8, 4) is 11.8 Å². The topological polar surface area (TPSA) is 52.6 Å². The first kappa shape index (κ1) is 24.4. The summed E-state index contributed by atoms with van der Waals surface area (Å²) in [6, 6.07) is 10.0. The molecule has 1 aromatic rings. The molecule has 0 amide bonds. The maximum atomic E-state index is 12.3. The standard InChI is InChI=1S/C31H40O4/c1-21(32)34-25-13-16-29(3)24(20-25)10-11-26-27(29)14-17-30(4)28(26)15-19-31(30,35-22(2)33)18-12-23-8-6-5-7-9-23/h5-9,24-28H,10-11,13-17,19-20H2,1-4H3/t24-,25-,26-,27+,28-,29+,30-,31-/m1/s1. The molecule has 0 N–H and O–H groups in total. The van der Waals surface area contributed by atoms with Gasteiger partial charge in [-0.1, -0.05) is 38.0 Å². The van der Waals surface area contributed by atoms with E-state index in [0.29, 0.717) is 29.1 Å². The molecule has 8 atom stereocenters. The van der Waals surface area contributed by atoms with Gasteiger partial charge in [0.15, 0.2) is 5.60 Å². The van der Waals surface area contributed by atoms with Crippen LogP contribution in [0.4, 0.5) is 0 Å². The highest BCUT2D eigenvalue weighted by molar-refractivity contribution is 5.67. The van der Waals surface area contributed by atoms with Crippen molar-refractivity contribution in [3.05, 3.63) is 35.9 Å². The lowest BCUT2D eigenvalue weighted by molar-refractivity contribution is -0.178. The monoisotopic (exact) mass is 476 g/mol. The van der Waals surface area contributed by atoms with E-state index in [4.69, 9.17) is 9.47 Å². The van der Waals surface area contributed by atoms with Gasteiger partial charge in [0.25, 0.3) is 0 Å². The number of carbonyl (C=O) groups is 2. The van der Waals surface area contributed by atoms with Gasteiger partial charge in [-0.05, 0) is 105 Å². The van der Waals surface area contributed by atoms with Crippen LogP contribution in [0.5, 0.6) is 0 Å². The van der Waals surface area contributed by atoms with Gasteiger partial charge in [-0.15, -0.1) is 0 Å². The molecule has 1 aromatic carbocycles. The molecule has 0 aliphatic heterocycles. The summed E-state index contributed by atoms with van der Waals surface area (Å²) in [6.07, 6.45) is 9.77. The zero-order valence-electron chi connectivity index (χ0n) is 21.8. The smallest absolute Gasteiger partial charge is 0.304 e. The fourth-order valence-corrected chi connectivity index (χ4v) is 8.90. The van der Waals surface area contributed by atoms with Crippen molar-refractivity contribution in [1.82, 2.24) is 0 Å². The summed E-state index contributed by atoms with van der Waals surface area (Å²) in [6.45, 7) is 7.94. The second-order valence-corrected chi connectivity index (χ2v) is 12.2. The first-order valence-electron chi connectivity index (χ1n) is 13.6. The fourth-order valence-electron chi connectivity index (χ4n) is 8.90. The molecule has 0 saturated heterocycles. The van der Waals surface area contributed by atoms with Crippen molar-refractivity contribution in [2.45, 2.75) is 97.2 Å². The van der Waals surface area contributed by atoms with Crippen molar-refractivity contribution in [1.29, 1.82) is 0 Å². The molecule has 4 saturated carbocycles. The van der Waals surface area contributed by atoms with Crippen LogP contribution in [0, 0.1) is 46.3 Å².